The molecule has 2 aliphatic heterocycles. The molecule has 2 fully saturated rings. The van der Waals surface area contributed by atoms with Crippen molar-refractivity contribution in [3.63, 3.8) is 0 Å². The normalized spacial score (nSPS) is 23.3. The van der Waals surface area contributed by atoms with E-state index in [9.17, 15) is 14.7 Å². The number of nitrogens with two attached hydrogens (primary N) is 1. The minimum Gasteiger partial charge on any atom is -0.465 e. The van der Waals surface area contributed by atoms with Crippen LogP contribution in [0.25, 0.3) is 0 Å². The Morgan fingerprint density at radius 2 is 2.17 bits per heavy atom. The van der Waals surface area contributed by atoms with Crippen molar-refractivity contribution in [2.75, 3.05) is 39.9 Å². The average Bonchev–Trinajstić information content (AvgIpc) is 2.85. The lowest BCUT2D eigenvalue weighted by Crippen LogP contribution is -2.50. The number of urea groups is 1. The summed E-state index contributed by atoms with van der Waals surface area (Å²) in [6.07, 6.45) is 2.56. The summed E-state index contributed by atoms with van der Waals surface area (Å²) in [7, 11) is 1.48. The molecule has 1 aromatic carbocycles. The van der Waals surface area contributed by atoms with Gasteiger partial charge in [-0.3, -0.25) is 4.90 Å². The molecular formula is C25H39ClN4O5. The standard InChI is InChI=1S/C25H39ClN4O5/c1-17(29(2)25(32)33)35-23(19-7-3-9-21(26)13-19)20-8-4-10-30(15-20)24(31)28-14-22(27)12-18-6-5-11-34-16-18/h3,7,9,13,17-18,20,22-23H,4-6,8,10-12,14-16,27H2,1-2H3,(H,28,31)(H,32,33)/t17?,18-,20-,22-,23?/m1/s1. The van der Waals surface area contributed by atoms with Crippen LogP contribution in [0.15, 0.2) is 24.3 Å². The number of halogens is 1. The predicted molar refractivity (Wildman–Crippen MR) is 134 cm³/mol. The topological polar surface area (TPSA) is 117 Å². The highest BCUT2D eigenvalue weighted by molar-refractivity contribution is 6.30. The van der Waals surface area contributed by atoms with Gasteiger partial charge in [0, 0.05) is 56.9 Å². The van der Waals surface area contributed by atoms with Gasteiger partial charge < -0.3 is 30.5 Å². The minimum atomic E-state index is -1.07. The number of carboxylic acid groups (broad SMARTS) is 1. The van der Waals surface area contributed by atoms with Gasteiger partial charge in [0.1, 0.15) is 6.23 Å². The van der Waals surface area contributed by atoms with Crippen molar-refractivity contribution in [1.82, 2.24) is 15.1 Å². The van der Waals surface area contributed by atoms with E-state index in [1.807, 2.05) is 18.2 Å². The number of ether oxygens (including phenoxy) is 2. The number of piperidine rings is 1. The van der Waals surface area contributed by atoms with E-state index in [2.05, 4.69) is 5.32 Å². The Balaban J connectivity index is 1.61. The second-order valence-electron chi connectivity index (χ2n) is 9.72. The zero-order valence-corrected chi connectivity index (χ0v) is 21.5. The van der Waals surface area contributed by atoms with Gasteiger partial charge in [0.15, 0.2) is 0 Å². The summed E-state index contributed by atoms with van der Waals surface area (Å²) in [6, 6.07) is 7.17. The number of carbonyl (C=O) groups is 2. The summed E-state index contributed by atoms with van der Waals surface area (Å²) < 4.78 is 11.8. The highest BCUT2D eigenvalue weighted by atomic mass is 35.5. The van der Waals surface area contributed by atoms with Crippen LogP contribution in [0.2, 0.25) is 5.02 Å². The van der Waals surface area contributed by atoms with Gasteiger partial charge in [-0.25, -0.2) is 9.59 Å². The fourth-order valence-corrected chi connectivity index (χ4v) is 5.08. The molecule has 0 bridgehead atoms. The van der Waals surface area contributed by atoms with E-state index in [4.69, 9.17) is 26.8 Å². The quantitative estimate of drug-likeness (QED) is 0.433. The van der Waals surface area contributed by atoms with Crippen molar-refractivity contribution in [3.8, 4) is 0 Å². The summed E-state index contributed by atoms with van der Waals surface area (Å²) in [5.41, 5.74) is 7.15. The van der Waals surface area contributed by atoms with Crippen molar-refractivity contribution < 1.29 is 24.2 Å². The molecule has 4 N–H and O–H groups in total. The van der Waals surface area contributed by atoms with Crippen molar-refractivity contribution in [2.24, 2.45) is 17.6 Å². The SMILES string of the molecule is CC(OC(c1cccc(Cl)c1)[C@@H]1CCCN(C(=O)NC[C@H](N)C[C@H]2CCCOC2)C1)N(C)C(=O)O. The summed E-state index contributed by atoms with van der Waals surface area (Å²) in [4.78, 5) is 27.3. The lowest BCUT2D eigenvalue weighted by Gasteiger charge is -2.39. The Hall–Kier alpha value is -2.07. The highest BCUT2D eigenvalue weighted by Gasteiger charge is 2.33. The molecule has 0 aliphatic carbocycles. The number of carbonyl (C=O) groups excluding carboxylic acids is 1. The first kappa shape index (κ1) is 27.5. The number of nitrogens with one attached hydrogen (secondary N) is 1. The number of likely N-dealkylation sites (tertiary alicyclic amines) is 1. The number of amides is 3. The van der Waals surface area contributed by atoms with Gasteiger partial charge >= 0.3 is 12.1 Å². The van der Waals surface area contributed by atoms with Gasteiger partial charge in [0.25, 0.3) is 0 Å². The van der Waals surface area contributed by atoms with Crippen molar-refractivity contribution in [2.45, 2.75) is 57.4 Å². The Labute approximate surface area is 212 Å². The maximum Gasteiger partial charge on any atom is 0.409 e. The molecule has 10 heteroatoms. The van der Waals surface area contributed by atoms with Crippen molar-refractivity contribution >= 4 is 23.7 Å². The van der Waals surface area contributed by atoms with Crippen molar-refractivity contribution in [1.29, 1.82) is 0 Å². The largest absolute Gasteiger partial charge is 0.465 e. The van der Waals surface area contributed by atoms with Gasteiger partial charge in [0.05, 0.1) is 6.10 Å². The van der Waals surface area contributed by atoms with E-state index in [0.29, 0.717) is 30.6 Å². The lowest BCUT2D eigenvalue weighted by molar-refractivity contribution is -0.101. The molecule has 0 radical (unpaired) electrons. The van der Waals surface area contributed by atoms with E-state index in [1.54, 1.807) is 17.9 Å². The Morgan fingerprint density at radius 3 is 2.86 bits per heavy atom. The molecule has 3 rings (SSSR count). The van der Waals surface area contributed by atoms with Gasteiger partial charge in [0.2, 0.25) is 0 Å². The third kappa shape index (κ3) is 8.24. The molecule has 2 aliphatic rings. The monoisotopic (exact) mass is 510 g/mol. The number of nitrogens with zero attached hydrogens (tertiary/aromatic N) is 2. The van der Waals surface area contributed by atoms with Crippen LogP contribution < -0.4 is 11.1 Å². The first-order valence-corrected chi connectivity index (χ1v) is 12.8. The van der Waals surface area contributed by atoms with Crippen LogP contribution in [0.5, 0.6) is 0 Å². The maximum absolute atomic E-state index is 13.0. The summed E-state index contributed by atoms with van der Waals surface area (Å²) in [6.45, 7) is 4.85. The molecule has 2 heterocycles. The van der Waals surface area contributed by atoms with E-state index in [0.717, 1.165) is 55.8 Å². The fraction of sp³-hybridized carbons (Fsp3) is 0.680. The minimum absolute atomic E-state index is 0.00864. The molecule has 35 heavy (non-hydrogen) atoms. The molecule has 2 unspecified atom stereocenters. The van der Waals surface area contributed by atoms with Crippen LogP contribution >= 0.6 is 11.6 Å². The van der Waals surface area contributed by atoms with Crippen LogP contribution in [-0.2, 0) is 9.47 Å². The van der Waals surface area contributed by atoms with Gasteiger partial charge in [-0.15, -0.1) is 0 Å². The Kier molecular flexibility index (Phi) is 10.5. The zero-order valence-electron chi connectivity index (χ0n) is 20.7. The van der Waals surface area contributed by atoms with Crippen LogP contribution in [-0.4, -0.2) is 79.2 Å². The summed E-state index contributed by atoms with van der Waals surface area (Å²) >= 11 is 6.24. The number of hydrogen-bond donors (Lipinski definition) is 3. The molecule has 196 valence electrons. The second kappa shape index (κ2) is 13.3. The van der Waals surface area contributed by atoms with E-state index in [1.165, 1.54) is 7.05 Å². The molecule has 0 aromatic heterocycles. The van der Waals surface area contributed by atoms with E-state index >= 15 is 0 Å². The molecular weight excluding hydrogens is 472 g/mol. The van der Waals surface area contributed by atoms with Gasteiger partial charge in [-0.2, -0.15) is 0 Å². The summed E-state index contributed by atoms with van der Waals surface area (Å²) in [5, 5.41) is 12.9. The molecule has 1 aromatic rings. The van der Waals surface area contributed by atoms with Gasteiger partial charge in [-0.1, -0.05) is 23.7 Å². The molecule has 0 saturated carbocycles. The van der Waals surface area contributed by atoms with Crippen molar-refractivity contribution in [3.05, 3.63) is 34.9 Å². The number of hydrogen-bond acceptors (Lipinski definition) is 5. The smallest absolute Gasteiger partial charge is 0.409 e. The molecule has 2 saturated heterocycles. The highest BCUT2D eigenvalue weighted by Crippen LogP contribution is 2.35. The second-order valence-corrected chi connectivity index (χ2v) is 10.2. The number of rotatable bonds is 9. The molecule has 5 atom stereocenters. The fourth-order valence-electron chi connectivity index (χ4n) is 4.88. The lowest BCUT2D eigenvalue weighted by atomic mass is 9.88. The zero-order chi connectivity index (χ0) is 25.4. The Bertz CT molecular complexity index is 838. The molecule has 3 amide bonds. The summed E-state index contributed by atoms with van der Waals surface area (Å²) in [5.74, 6) is 0.446. The third-order valence-corrected chi connectivity index (χ3v) is 7.18. The third-order valence-electron chi connectivity index (χ3n) is 6.95. The average molecular weight is 511 g/mol. The molecule has 9 nitrogen and oxygen atoms in total. The number of benzene rings is 1. The first-order chi connectivity index (χ1) is 16.7. The maximum atomic E-state index is 13.0. The van der Waals surface area contributed by atoms with Gasteiger partial charge in [-0.05, 0) is 62.6 Å². The van der Waals surface area contributed by atoms with E-state index < -0.39 is 18.4 Å². The van der Waals surface area contributed by atoms with Crippen LogP contribution in [0, 0.1) is 11.8 Å². The van der Waals surface area contributed by atoms with Crippen LogP contribution in [0.4, 0.5) is 9.59 Å². The van der Waals surface area contributed by atoms with Crippen LogP contribution in [0.1, 0.15) is 50.7 Å². The Morgan fingerprint density at radius 1 is 1.37 bits per heavy atom. The first-order valence-electron chi connectivity index (χ1n) is 12.5. The van der Waals surface area contributed by atoms with Crippen LogP contribution in [0.3, 0.4) is 0 Å². The predicted octanol–water partition coefficient (Wildman–Crippen LogP) is 3.92. The van der Waals surface area contributed by atoms with E-state index in [-0.39, 0.29) is 18.0 Å². The molecule has 0 spiro atoms.